The standard InChI is InChI=1S/C13H12N4O3S/c14-12(15)17(10-8-21-11(6-18)16-10)13(19)20-7-9-4-2-1-3-5-9/h1-5,8,16H,7H2,(H3,14,15). The lowest BCUT2D eigenvalue weighted by Crippen LogP contribution is -2.43. The molecule has 0 fully saturated rings. The van der Waals surface area contributed by atoms with Gasteiger partial charge < -0.3 is 15.8 Å². The van der Waals surface area contributed by atoms with E-state index in [-0.39, 0.29) is 17.5 Å². The molecule has 1 aromatic rings. The average molecular weight is 304 g/mol. The topological polar surface area (TPSA) is 109 Å². The molecule has 0 saturated carbocycles. The number of carbonyl (C=O) groups is 1. The molecule has 8 heteroatoms. The first-order valence-electron chi connectivity index (χ1n) is 5.85. The molecule has 1 aromatic carbocycles. The Morgan fingerprint density at radius 1 is 1.43 bits per heavy atom. The maximum atomic E-state index is 12.0. The number of rotatable bonds is 3. The van der Waals surface area contributed by atoms with Crippen LogP contribution < -0.4 is 11.1 Å². The number of nitrogens with two attached hydrogens (primary N) is 1. The summed E-state index contributed by atoms with van der Waals surface area (Å²) in [7, 11) is 0. The molecule has 2 rings (SSSR count). The van der Waals surface area contributed by atoms with Gasteiger partial charge in [-0.25, -0.2) is 9.59 Å². The predicted octanol–water partition coefficient (Wildman–Crippen LogP) is 1.33. The number of thioether (sulfide) groups is 1. The Morgan fingerprint density at radius 3 is 2.71 bits per heavy atom. The third-order valence-electron chi connectivity index (χ3n) is 2.49. The fourth-order valence-electron chi connectivity index (χ4n) is 1.56. The van der Waals surface area contributed by atoms with Crippen LogP contribution in [0.25, 0.3) is 0 Å². The number of hydrogen-bond acceptors (Lipinski definition) is 6. The number of benzene rings is 1. The summed E-state index contributed by atoms with van der Waals surface area (Å²) >= 11 is 1.05. The van der Waals surface area contributed by atoms with Crippen molar-refractivity contribution in [2.75, 3.05) is 0 Å². The fourth-order valence-corrected chi connectivity index (χ4v) is 2.16. The molecule has 0 saturated heterocycles. The number of hydrogen-bond donors (Lipinski definition) is 3. The van der Waals surface area contributed by atoms with Gasteiger partial charge in [-0.15, -0.1) is 0 Å². The van der Waals surface area contributed by atoms with E-state index in [1.165, 1.54) is 5.41 Å². The Labute approximate surface area is 124 Å². The highest BCUT2D eigenvalue weighted by atomic mass is 32.2. The second-order valence-corrected chi connectivity index (χ2v) is 4.82. The molecule has 0 aliphatic carbocycles. The third-order valence-corrected chi connectivity index (χ3v) is 3.25. The first-order valence-corrected chi connectivity index (χ1v) is 6.73. The predicted molar refractivity (Wildman–Crippen MR) is 78.4 cm³/mol. The fraction of sp³-hybridized carbons (Fsp3) is 0.0769. The van der Waals surface area contributed by atoms with Gasteiger partial charge in [-0.3, -0.25) is 5.41 Å². The second-order valence-electron chi connectivity index (χ2n) is 3.94. The minimum Gasteiger partial charge on any atom is -0.444 e. The summed E-state index contributed by atoms with van der Waals surface area (Å²) in [4.78, 5) is 23.4. The van der Waals surface area contributed by atoms with Gasteiger partial charge in [-0.05, 0) is 5.56 Å². The van der Waals surface area contributed by atoms with Crippen molar-refractivity contribution in [3.8, 4) is 0 Å². The van der Waals surface area contributed by atoms with E-state index < -0.39 is 12.1 Å². The van der Waals surface area contributed by atoms with Gasteiger partial charge in [0.25, 0.3) is 0 Å². The zero-order valence-electron chi connectivity index (χ0n) is 10.8. The summed E-state index contributed by atoms with van der Waals surface area (Å²) in [6.07, 6.45) is -0.808. The summed E-state index contributed by atoms with van der Waals surface area (Å²) < 4.78 is 5.10. The maximum absolute atomic E-state index is 12.0. The summed E-state index contributed by atoms with van der Waals surface area (Å²) in [5.41, 5.74) is 6.19. The van der Waals surface area contributed by atoms with Crippen molar-refractivity contribution in [1.29, 1.82) is 5.41 Å². The van der Waals surface area contributed by atoms with Crippen LogP contribution in [0.15, 0.2) is 46.6 Å². The molecular formula is C13H12N4O3S. The number of ether oxygens (including phenoxy) is 1. The lowest BCUT2D eigenvalue weighted by Gasteiger charge is -2.20. The van der Waals surface area contributed by atoms with Crippen LogP contribution in [0, 0.1) is 5.41 Å². The molecule has 21 heavy (non-hydrogen) atoms. The van der Waals surface area contributed by atoms with Gasteiger partial charge in [0.15, 0.2) is 11.0 Å². The van der Waals surface area contributed by atoms with Crippen molar-refractivity contribution in [2.24, 2.45) is 5.73 Å². The van der Waals surface area contributed by atoms with E-state index >= 15 is 0 Å². The molecule has 0 atom stereocenters. The molecule has 1 amide bonds. The lowest BCUT2D eigenvalue weighted by atomic mass is 10.2. The highest BCUT2D eigenvalue weighted by molar-refractivity contribution is 8.06. The van der Waals surface area contributed by atoms with E-state index in [1.54, 1.807) is 5.94 Å². The average Bonchev–Trinajstić information content (AvgIpc) is 2.94. The molecule has 1 aliphatic heterocycles. The molecule has 0 bridgehead atoms. The number of carbonyl (C=O) groups excluding carboxylic acids is 2. The number of nitrogens with zero attached hydrogens (tertiary/aromatic N) is 1. The van der Waals surface area contributed by atoms with Crippen molar-refractivity contribution in [3.05, 3.63) is 52.2 Å². The lowest BCUT2D eigenvalue weighted by molar-refractivity contribution is 0.121. The number of guanidine groups is 1. The molecule has 0 spiro atoms. The minimum absolute atomic E-state index is 0.0558. The van der Waals surface area contributed by atoms with Crippen LogP contribution in [0.1, 0.15) is 5.56 Å². The van der Waals surface area contributed by atoms with Crippen LogP contribution in [0.2, 0.25) is 0 Å². The van der Waals surface area contributed by atoms with Crippen LogP contribution in [-0.4, -0.2) is 22.9 Å². The number of amides is 1. The van der Waals surface area contributed by atoms with Crippen LogP contribution in [-0.2, 0) is 16.1 Å². The van der Waals surface area contributed by atoms with Gasteiger partial charge in [-0.2, -0.15) is 4.90 Å². The zero-order chi connectivity index (χ0) is 15.2. The first kappa shape index (κ1) is 14.7. The van der Waals surface area contributed by atoms with Crippen LogP contribution in [0.4, 0.5) is 4.79 Å². The highest BCUT2D eigenvalue weighted by Gasteiger charge is 2.26. The molecular weight excluding hydrogens is 292 g/mol. The summed E-state index contributed by atoms with van der Waals surface area (Å²) in [6.45, 7) is 0.0558. The van der Waals surface area contributed by atoms with Crippen molar-refractivity contribution in [1.82, 2.24) is 10.2 Å². The molecule has 0 radical (unpaired) electrons. The Bertz CT molecular complexity index is 638. The van der Waals surface area contributed by atoms with Crippen LogP contribution >= 0.6 is 11.8 Å². The Balaban J connectivity index is 2.03. The first-order chi connectivity index (χ1) is 10.1. The highest BCUT2D eigenvalue weighted by Crippen LogP contribution is 2.24. The molecule has 0 unspecified atom stereocenters. The van der Waals surface area contributed by atoms with E-state index in [9.17, 15) is 9.59 Å². The Morgan fingerprint density at radius 2 is 2.14 bits per heavy atom. The number of nitrogens with one attached hydrogen (secondary N) is 2. The van der Waals surface area contributed by atoms with E-state index in [0.29, 0.717) is 0 Å². The summed E-state index contributed by atoms with van der Waals surface area (Å²) in [5.74, 6) is 1.33. The van der Waals surface area contributed by atoms with E-state index in [2.05, 4.69) is 5.32 Å². The summed E-state index contributed by atoms with van der Waals surface area (Å²) in [6, 6.07) is 9.11. The molecule has 1 heterocycles. The summed E-state index contributed by atoms with van der Waals surface area (Å²) in [5, 5.41) is 11.7. The van der Waals surface area contributed by atoms with Gasteiger partial charge in [0.1, 0.15) is 12.4 Å². The molecule has 1 aliphatic rings. The zero-order valence-corrected chi connectivity index (χ0v) is 11.6. The third kappa shape index (κ3) is 3.65. The largest absolute Gasteiger partial charge is 0.444 e. The normalized spacial score (nSPS) is 13.0. The van der Waals surface area contributed by atoms with E-state index in [0.717, 1.165) is 22.2 Å². The molecule has 7 nitrogen and oxygen atoms in total. The SMILES string of the molecule is N=C(N)N(C(=O)OCc1ccccc1)C1=CSC(=C=O)N1. The van der Waals surface area contributed by atoms with Crippen molar-refractivity contribution < 1.29 is 14.3 Å². The Kier molecular flexibility index (Phi) is 4.65. The van der Waals surface area contributed by atoms with E-state index in [1.807, 2.05) is 30.3 Å². The Hall–Kier alpha value is -2.70. The van der Waals surface area contributed by atoms with Crippen molar-refractivity contribution in [2.45, 2.75) is 6.61 Å². The van der Waals surface area contributed by atoms with Gasteiger partial charge in [0, 0.05) is 5.41 Å². The second kappa shape index (κ2) is 6.65. The van der Waals surface area contributed by atoms with Crippen LogP contribution in [0.3, 0.4) is 0 Å². The van der Waals surface area contributed by atoms with Gasteiger partial charge in [-0.1, -0.05) is 42.1 Å². The molecule has 108 valence electrons. The monoisotopic (exact) mass is 304 g/mol. The molecule has 4 N–H and O–H groups in total. The van der Waals surface area contributed by atoms with Crippen molar-refractivity contribution in [3.63, 3.8) is 0 Å². The van der Waals surface area contributed by atoms with Gasteiger partial charge in [0.2, 0.25) is 5.96 Å². The quantitative estimate of drug-likeness (QED) is 0.441. The van der Waals surface area contributed by atoms with Crippen LogP contribution in [0.5, 0.6) is 0 Å². The van der Waals surface area contributed by atoms with E-state index in [4.69, 9.17) is 15.9 Å². The van der Waals surface area contributed by atoms with Gasteiger partial charge in [0.05, 0.1) is 0 Å². The van der Waals surface area contributed by atoms with Crippen molar-refractivity contribution >= 4 is 29.8 Å². The smallest absolute Gasteiger partial charge is 0.422 e. The minimum atomic E-state index is -0.808. The maximum Gasteiger partial charge on any atom is 0.422 e. The molecule has 0 aromatic heterocycles. The van der Waals surface area contributed by atoms with Gasteiger partial charge >= 0.3 is 6.09 Å².